The lowest BCUT2D eigenvalue weighted by atomic mass is 10.0. The molecule has 0 saturated carbocycles. The zero-order chi connectivity index (χ0) is 19.8. The molecule has 0 aliphatic carbocycles. The Morgan fingerprint density at radius 1 is 1.00 bits per heavy atom. The van der Waals surface area contributed by atoms with Crippen LogP contribution in [0.25, 0.3) is 11.0 Å². The van der Waals surface area contributed by atoms with Gasteiger partial charge in [0.15, 0.2) is 11.5 Å². The Balaban J connectivity index is 1.46. The predicted molar refractivity (Wildman–Crippen MR) is 109 cm³/mol. The number of rotatable bonds is 3. The molecule has 1 N–H and O–H groups in total. The van der Waals surface area contributed by atoms with Gasteiger partial charge in [0.25, 0.3) is 0 Å². The number of phenols is 1. The van der Waals surface area contributed by atoms with Crippen LogP contribution in [0.4, 0.5) is 0 Å². The van der Waals surface area contributed by atoms with Crippen LogP contribution in [0.3, 0.4) is 0 Å². The van der Waals surface area contributed by atoms with Gasteiger partial charge in [-0.15, -0.1) is 0 Å². The number of nitrogens with zero attached hydrogens (tertiary/aromatic N) is 1. The second-order valence-electron chi connectivity index (χ2n) is 7.66. The van der Waals surface area contributed by atoms with Gasteiger partial charge in [-0.25, -0.2) is 4.79 Å². The third kappa shape index (κ3) is 3.56. The Bertz CT molecular complexity index is 1110. The van der Waals surface area contributed by atoms with E-state index >= 15 is 0 Å². The van der Waals surface area contributed by atoms with Crippen LogP contribution in [0.2, 0.25) is 0 Å². The first-order chi connectivity index (χ1) is 14.2. The maximum Gasteiger partial charge on any atom is 0.336 e. The Morgan fingerprint density at radius 3 is 2.76 bits per heavy atom. The molecule has 0 amide bonds. The summed E-state index contributed by atoms with van der Waals surface area (Å²) in [5.41, 5.74) is 2.14. The van der Waals surface area contributed by atoms with Gasteiger partial charge in [-0.05, 0) is 54.8 Å². The van der Waals surface area contributed by atoms with E-state index in [-0.39, 0.29) is 11.8 Å². The summed E-state index contributed by atoms with van der Waals surface area (Å²) in [5, 5.41) is 10.6. The highest BCUT2D eigenvalue weighted by atomic mass is 16.5. The quantitative estimate of drug-likeness (QED) is 0.678. The number of aromatic hydroxyl groups is 1. The topological polar surface area (TPSA) is 72.1 Å². The Morgan fingerprint density at radius 2 is 1.86 bits per heavy atom. The van der Waals surface area contributed by atoms with Crippen LogP contribution in [-0.2, 0) is 6.54 Å². The van der Waals surface area contributed by atoms with Gasteiger partial charge < -0.3 is 19.0 Å². The second-order valence-corrected chi connectivity index (χ2v) is 7.66. The fourth-order valence-electron chi connectivity index (χ4n) is 4.35. The van der Waals surface area contributed by atoms with Crippen molar-refractivity contribution >= 4 is 11.0 Å². The molecule has 150 valence electrons. The monoisotopic (exact) mass is 393 g/mol. The predicted octanol–water partition coefficient (Wildman–Crippen LogP) is 4.00. The summed E-state index contributed by atoms with van der Waals surface area (Å²) in [4.78, 5) is 14.4. The molecule has 6 nitrogen and oxygen atoms in total. The SMILES string of the molecule is O=c1cc(CN2CCC[C@@H]2c2ccc3c(c2)OCCCO3)c2ccc(O)cc2o1. The van der Waals surface area contributed by atoms with Crippen molar-refractivity contribution in [3.63, 3.8) is 0 Å². The van der Waals surface area contributed by atoms with Crippen LogP contribution < -0.4 is 15.1 Å². The molecule has 2 aliphatic heterocycles. The lowest BCUT2D eigenvalue weighted by molar-refractivity contribution is 0.248. The van der Waals surface area contributed by atoms with Gasteiger partial charge in [0.2, 0.25) is 0 Å². The first-order valence-electron chi connectivity index (χ1n) is 10.1. The van der Waals surface area contributed by atoms with E-state index in [1.54, 1.807) is 12.1 Å². The van der Waals surface area contributed by atoms with Crippen LogP contribution in [-0.4, -0.2) is 29.8 Å². The normalized spacial score (nSPS) is 19.4. The van der Waals surface area contributed by atoms with Crippen LogP contribution in [0.5, 0.6) is 17.2 Å². The van der Waals surface area contributed by atoms with Crippen molar-refractivity contribution in [3.8, 4) is 17.2 Å². The number of benzene rings is 2. The minimum Gasteiger partial charge on any atom is -0.508 e. The van der Waals surface area contributed by atoms with Gasteiger partial charge in [0.05, 0.1) is 13.2 Å². The number of phenolic OH excluding ortho intramolecular Hbond substituents is 1. The van der Waals surface area contributed by atoms with E-state index in [4.69, 9.17) is 13.9 Å². The number of hydrogen-bond donors (Lipinski definition) is 1. The third-order valence-electron chi connectivity index (χ3n) is 5.71. The van der Waals surface area contributed by atoms with E-state index < -0.39 is 5.63 Å². The molecule has 0 radical (unpaired) electrons. The van der Waals surface area contributed by atoms with Crippen molar-refractivity contribution in [2.75, 3.05) is 19.8 Å². The minimum atomic E-state index is -0.399. The molecular weight excluding hydrogens is 370 g/mol. The number of likely N-dealkylation sites (tertiary alicyclic amines) is 1. The number of ether oxygens (including phenoxy) is 2. The molecule has 0 spiro atoms. The van der Waals surface area contributed by atoms with Gasteiger partial charge in [-0.3, -0.25) is 4.90 Å². The van der Waals surface area contributed by atoms with Gasteiger partial charge in [-0.1, -0.05) is 6.07 Å². The summed E-state index contributed by atoms with van der Waals surface area (Å²) >= 11 is 0. The molecule has 0 bridgehead atoms. The number of hydrogen-bond acceptors (Lipinski definition) is 6. The summed E-state index contributed by atoms with van der Waals surface area (Å²) in [5.74, 6) is 1.71. The Labute approximate surface area is 168 Å². The van der Waals surface area contributed by atoms with E-state index in [0.717, 1.165) is 48.3 Å². The van der Waals surface area contributed by atoms with Crippen molar-refractivity contribution in [1.82, 2.24) is 4.90 Å². The fourth-order valence-corrected chi connectivity index (χ4v) is 4.35. The first kappa shape index (κ1) is 18.1. The van der Waals surface area contributed by atoms with E-state index in [1.807, 2.05) is 12.1 Å². The van der Waals surface area contributed by atoms with E-state index in [1.165, 1.54) is 11.6 Å². The highest BCUT2D eigenvalue weighted by Gasteiger charge is 2.28. The molecule has 5 rings (SSSR count). The molecule has 29 heavy (non-hydrogen) atoms. The molecular formula is C23H23NO5. The van der Waals surface area contributed by atoms with Crippen molar-refractivity contribution in [2.45, 2.75) is 31.8 Å². The molecule has 3 heterocycles. The van der Waals surface area contributed by atoms with Crippen LogP contribution in [0.15, 0.2) is 51.7 Å². The van der Waals surface area contributed by atoms with Crippen molar-refractivity contribution in [2.24, 2.45) is 0 Å². The summed E-state index contributed by atoms with van der Waals surface area (Å²) in [6, 6.07) is 13.0. The Kier molecular flexibility index (Phi) is 4.64. The molecule has 0 unspecified atom stereocenters. The van der Waals surface area contributed by atoms with E-state index in [2.05, 4.69) is 17.0 Å². The van der Waals surface area contributed by atoms with Crippen molar-refractivity contribution < 1.29 is 19.0 Å². The lowest BCUT2D eigenvalue weighted by Crippen LogP contribution is -2.23. The lowest BCUT2D eigenvalue weighted by Gasteiger charge is -2.26. The number of fused-ring (bicyclic) bond motifs is 2. The molecule has 2 aromatic carbocycles. The van der Waals surface area contributed by atoms with Crippen molar-refractivity contribution in [1.29, 1.82) is 0 Å². The van der Waals surface area contributed by atoms with Crippen LogP contribution in [0.1, 0.15) is 36.4 Å². The summed E-state index contributed by atoms with van der Waals surface area (Å²) in [6.45, 7) is 2.95. The van der Waals surface area contributed by atoms with Gasteiger partial charge in [0.1, 0.15) is 11.3 Å². The average molecular weight is 393 g/mol. The smallest absolute Gasteiger partial charge is 0.336 e. The molecule has 3 aromatic rings. The maximum atomic E-state index is 12.0. The highest BCUT2D eigenvalue weighted by molar-refractivity contribution is 5.81. The first-order valence-corrected chi connectivity index (χ1v) is 10.1. The van der Waals surface area contributed by atoms with Crippen LogP contribution in [0, 0.1) is 0 Å². The van der Waals surface area contributed by atoms with Gasteiger partial charge in [-0.2, -0.15) is 0 Å². The minimum absolute atomic E-state index is 0.0871. The van der Waals surface area contributed by atoms with E-state index in [0.29, 0.717) is 25.3 Å². The van der Waals surface area contributed by atoms with Crippen molar-refractivity contribution in [3.05, 3.63) is 64.0 Å². The van der Waals surface area contributed by atoms with E-state index in [9.17, 15) is 9.90 Å². The Hall–Kier alpha value is -2.99. The zero-order valence-electron chi connectivity index (χ0n) is 16.1. The molecule has 1 aromatic heterocycles. The third-order valence-corrected chi connectivity index (χ3v) is 5.71. The molecule has 1 saturated heterocycles. The largest absolute Gasteiger partial charge is 0.508 e. The molecule has 6 heteroatoms. The van der Waals surface area contributed by atoms with Gasteiger partial charge >= 0.3 is 5.63 Å². The molecule has 1 atom stereocenters. The summed E-state index contributed by atoms with van der Waals surface area (Å²) < 4.78 is 16.9. The standard InChI is InChI=1S/C23H23NO5/c25-17-5-6-18-16(12-23(26)29-21(18)13-17)14-24-8-1-3-19(24)15-4-7-20-22(11-15)28-10-2-9-27-20/h4-7,11-13,19,25H,1-3,8-10,14H2/t19-/m1/s1. The second kappa shape index (κ2) is 7.44. The highest BCUT2D eigenvalue weighted by Crippen LogP contribution is 2.39. The molecule has 2 aliphatic rings. The summed E-state index contributed by atoms with van der Waals surface area (Å²) in [7, 11) is 0. The van der Waals surface area contributed by atoms with Gasteiger partial charge in [0, 0.05) is 36.5 Å². The fraction of sp³-hybridized carbons (Fsp3) is 0.348. The maximum absolute atomic E-state index is 12.0. The zero-order valence-corrected chi connectivity index (χ0v) is 16.1. The average Bonchev–Trinajstić information content (AvgIpc) is 3.03. The molecule has 1 fully saturated rings. The van der Waals surface area contributed by atoms with Crippen LogP contribution >= 0.6 is 0 Å². The summed E-state index contributed by atoms with van der Waals surface area (Å²) in [6.07, 6.45) is 3.04.